The molecule has 4 rings (SSSR count). The number of rotatable bonds is 1. The summed E-state index contributed by atoms with van der Waals surface area (Å²) in [6.45, 7) is 2.07. The van der Waals surface area contributed by atoms with Crippen LogP contribution in [-0.4, -0.2) is 10.9 Å². The van der Waals surface area contributed by atoms with Crippen molar-refractivity contribution < 1.29 is 4.79 Å². The van der Waals surface area contributed by atoms with Gasteiger partial charge in [0.2, 0.25) is 0 Å². The summed E-state index contributed by atoms with van der Waals surface area (Å²) in [6, 6.07) is 16.1. The maximum atomic E-state index is 12.1. The van der Waals surface area contributed by atoms with Gasteiger partial charge in [0.15, 0.2) is 0 Å². The summed E-state index contributed by atoms with van der Waals surface area (Å²) in [5.74, 6) is -0.0500. The highest BCUT2D eigenvalue weighted by molar-refractivity contribution is 6.34. The average Bonchev–Trinajstić information content (AvgIpc) is 3.00. The normalized spacial score (nSPS) is 15.5. The molecule has 1 aliphatic rings. The second-order valence-corrected chi connectivity index (χ2v) is 5.37. The Bertz CT molecular complexity index is 902. The minimum absolute atomic E-state index is 0.0500. The Labute approximate surface area is 122 Å². The van der Waals surface area contributed by atoms with Crippen LogP contribution in [0.15, 0.2) is 48.5 Å². The van der Waals surface area contributed by atoms with Crippen LogP contribution >= 0.6 is 0 Å². The van der Waals surface area contributed by atoms with Gasteiger partial charge in [0.25, 0.3) is 5.91 Å². The quantitative estimate of drug-likeness (QED) is 0.648. The number of benzene rings is 2. The molecule has 2 heterocycles. The summed E-state index contributed by atoms with van der Waals surface area (Å²) in [6.07, 6.45) is 1.91. The molecule has 1 amide bonds. The summed E-state index contributed by atoms with van der Waals surface area (Å²) in [4.78, 5) is 15.5. The number of anilines is 1. The predicted molar refractivity (Wildman–Crippen MR) is 86.0 cm³/mol. The number of carbonyl (C=O) groups excluding carboxylic acids is 1. The number of fused-ring (bicyclic) bond motifs is 2. The van der Waals surface area contributed by atoms with Crippen LogP contribution in [0.5, 0.6) is 0 Å². The van der Waals surface area contributed by atoms with E-state index in [0.29, 0.717) is 5.57 Å². The van der Waals surface area contributed by atoms with Crippen molar-refractivity contribution in [2.75, 3.05) is 5.32 Å². The van der Waals surface area contributed by atoms with Crippen LogP contribution in [0, 0.1) is 6.92 Å². The summed E-state index contributed by atoms with van der Waals surface area (Å²) in [5.41, 5.74) is 5.79. The molecule has 0 saturated heterocycles. The molecule has 0 unspecified atom stereocenters. The van der Waals surface area contributed by atoms with Crippen molar-refractivity contribution in [3.05, 3.63) is 65.4 Å². The first-order valence-electron chi connectivity index (χ1n) is 6.92. The number of carbonyl (C=O) groups is 1. The first kappa shape index (κ1) is 12.0. The van der Waals surface area contributed by atoms with E-state index in [4.69, 9.17) is 0 Å². The number of aromatic nitrogens is 1. The summed E-state index contributed by atoms with van der Waals surface area (Å²) in [7, 11) is 0. The van der Waals surface area contributed by atoms with Crippen LogP contribution < -0.4 is 5.32 Å². The molecule has 3 aromatic rings. The molecule has 0 saturated carbocycles. The van der Waals surface area contributed by atoms with Crippen LogP contribution in [0.1, 0.15) is 16.8 Å². The first-order valence-corrected chi connectivity index (χ1v) is 6.92. The molecular formula is C18H14N2O. The van der Waals surface area contributed by atoms with Crippen LogP contribution in [0.3, 0.4) is 0 Å². The number of aryl methyl sites for hydroxylation is 1. The van der Waals surface area contributed by atoms with E-state index in [9.17, 15) is 4.79 Å². The molecular weight excluding hydrogens is 260 g/mol. The summed E-state index contributed by atoms with van der Waals surface area (Å²) < 4.78 is 0. The first-order chi connectivity index (χ1) is 10.2. The van der Waals surface area contributed by atoms with Gasteiger partial charge >= 0.3 is 0 Å². The Morgan fingerprint density at radius 2 is 1.90 bits per heavy atom. The lowest BCUT2D eigenvalue weighted by molar-refractivity contribution is -0.110. The Morgan fingerprint density at radius 1 is 1.05 bits per heavy atom. The van der Waals surface area contributed by atoms with E-state index in [0.717, 1.165) is 27.8 Å². The molecule has 2 N–H and O–H groups in total. The van der Waals surface area contributed by atoms with Gasteiger partial charge in [-0.25, -0.2) is 0 Å². The number of para-hydroxylation sites is 1. The smallest absolute Gasteiger partial charge is 0.256 e. The van der Waals surface area contributed by atoms with E-state index >= 15 is 0 Å². The Hall–Kier alpha value is -2.81. The fourth-order valence-electron chi connectivity index (χ4n) is 2.79. The fourth-order valence-corrected chi connectivity index (χ4v) is 2.79. The molecule has 0 bridgehead atoms. The van der Waals surface area contributed by atoms with Crippen molar-refractivity contribution in [3.63, 3.8) is 0 Å². The van der Waals surface area contributed by atoms with Crippen LogP contribution in [0.2, 0.25) is 0 Å². The van der Waals surface area contributed by atoms with Crippen molar-refractivity contribution in [3.8, 4) is 0 Å². The second-order valence-electron chi connectivity index (χ2n) is 5.37. The van der Waals surface area contributed by atoms with Crippen molar-refractivity contribution in [2.24, 2.45) is 0 Å². The number of hydrogen-bond donors (Lipinski definition) is 2. The predicted octanol–water partition coefficient (Wildman–Crippen LogP) is 3.97. The topological polar surface area (TPSA) is 44.9 Å². The van der Waals surface area contributed by atoms with Crippen LogP contribution in [0.4, 0.5) is 5.69 Å². The Kier molecular flexibility index (Phi) is 2.48. The Balaban J connectivity index is 1.84. The van der Waals surface area contributed by atoms with Crippen molar-refractivity contribution in [2.45, 2.75) is 6.92 Å². The van der Waals surface area contributed by atoms with E-state index in [1.165, 1.54) is 5.56 Å². The highest BCUT2D eigenvalue weighted by atomic mass is 16.2. The third-order valence-corrected chi connectivity index (χ3v) is 3.81. The second kappa shape index (κ2) is 4.35. The lowest BCUT2D eigenvalue weighted by Gasteiger charge is -1.96. The number of aromatic amines is 1. The van der Waals surface area contributed by atoms with Gasteiger partial charge in [0.05, 0.1) is 5.57 Å². The summed E-state index contributed by atoms with van der Waals surface area (Å²) >= 11 is 0. The van der Waals surface area contributed by atoms with E-state index in [1.54, 1.807) is 0 Å². The lowest BCUT2D eigenvalue weighted by atomic mass is 10.1. The molecule has 1 aromatic heterocycles. The molecule has 0 fully saturated rings. The van der Waals surface area contributed by atoms with Crippen LogP contribution in [-0.2, 0) is 4.79 Å². The molecule has 21 heavy (non-hydrogen) atoms. The number of nitrogens with one attached hydrogen (secondary N) is 2. The van der Waals surface area contributed by atoms with Gasteiger partial charge < -0.3 is 10.3 Å². The Morgan fingerprint density at radius 3 is 2.81 bits per heavy atom. The highest BCUT2D eigenvalue weighted by Crippen LogP contribution is 2.33. The third kappa shape index (κ3) is 1.94. The molecule has 102 valence electrons. The molecule has 0 atom stereocenters. The molecule has 0 aliphatic carbocycles. The van der Waals surface area contributed by atoms with Crippen LogP contribution in [0.25, 0.3) is 22.6 Å². The van der Waals surface area contributed by atoms with Crippen molar-refractivity contribution in [1.29, 1.82) is 0 Å². The monoisotopic (exact) mass is 274 g/mol. The van der Waals surface area contributed by atoms with Gasteiger partial charge in [-0.05, 0) is 37.3 Å². The van der Waals surface area contributed by atoms with E-state index in [2.05, 4.69) is 41.5 Å². The van der Waals surface area contributed by atoms with E-state index < -0.39 is 0 Å². The highest BCUT2D eigenvalue weighted by Gasteiger charge is 2.23. The fraction of sp³-hybridized carbons (Fsp3) is 0.0556. The summed E-state index contributed by atoms with van der Waals surface area (Å²) in [5, 5.41) is 4.05. The standard InChI is InChI=1S/C18H14N2O/c1-11-6-7-16-12(8-11)9-13(19-16)10-15-14-4-2-3-5-17(14)20-18(15)21/h2-10,19H,1H3,(H,20,21)/b15-10-. The van der Waals surface area contributed by atoms with Gasteiger partial charge in [0.1, 0.15) is 0 Å². The van der Waals surface area contributed by atoms with Gasteiger partial charge in [-0.1, -0.05) is 29.8 Å². The average molecular weight is 274 g/mol. The molecule has 2 aromatic carbocycles. The number of hydrogen-bond acceptors (Lipinski definition) is 1. The SMILES string of the molecule is Cc1ccc2[nH]c(/C=C3\C(=O)Nc4ccccc43)cc2c1. The van der Waals surface area contributed by atoms with Gasteiger partial charge in [-0.15, -0.1) is 0 Å². The zero-order chi connectivity index (χ0) is 14.4. The van der Waals surface area contributed by atoms with Gasteiger partial charge in [-0.3, -0.25) is 4.79 Å². The lowest BCUT2D eigenvalue weighted by Crippen LogP contribution is -2.03. The molecule has 0 spiro atoms. The maximum Gasteiger partial charge on any atom is 0.256 e. The minimum atomic E-state index is -0.0500. The zero-order valence-electron chi connectivity index (χ0n) is 11.6. The van der Waals surface area contributed by atoms with E-state index in [1.807, 2.05) is 30.3 Å². The van der Waals surface area contributed by atoms with E-state index in [-0.39, 0.29) is 5.91 Å². The minimum Gasteiger partial charge on any atom is -0.355 e. The van der Waals surface area contributed by atoms with Gasteiger partial charge in [-0.2, -0.15) is 0 Å². The van der Waals surface area contributed by atoms with Crippen molar-refractivity contribution in [1.82, 2.24) is 4.98 Å². The number of H-pyrrole nitrogens is 1. The molecule has 3 nitrogen and oxygen atoms in total. The zero-order valence-corrected chi connectivity index (χ0v) is 11.6. The molecule has 1 aliphatic heterocycles. The third-order valence-electron chi connectivity index (χ3n) is 3.81. The number of amides is 1. The van der Waals surface area contributed by atoms with Gasteiger partial charge in [0, 0.05) is 27.8 Å². The largest absolute Gasteiger partial charge is 0.355 e. The maximum absolute atomic E-state index is 12.1. The van der Waals surface area contributed by atoms with Crippen molar-refractivity contribution >= 4 is 34.1 Å². The molecule has 3 heteroatoms. The molecule has 0 radical (unpaired) electrons.